The van der Waals surface area contributed by atoms with E-state index in [4.69, 9.17) is 5.11 Å². The van der Waals surface area contributed by atoms with Gasteiger partial charge >= 0.3 is 5.97 Å². The van der Waals surface area contributed by atoms with Crippen LogP contribution in [0.15, 0.2) is 23.8 Å². The molecule has 0 saturated heterocycles. The van der Waals surface area contributed by atoms with Crippen molar-refractivity contribution >= 4 is 5.97 Å². The number of halogens is 1. The van der Waals surface area contributed by atoms with Gasteiger partial charge in [0, 0.05) is 0 Å². The molecule has 1 aliphatic carbocycles. The Hall–Kier alpha value is -1.20. The van der Waals surface area contributed by atoms with Crippen molar-refractivity contribution in [3.63, 3.8) is 0 Å². The molecule has 1 aliphatic rings. The maximum Gasteiger partial charge on any atom is 0.338 e. The Labute approximate surface area is 156 Å². The molecule has 0 heterocycles. The molecule has 0 radical (unpaired) electrons. The fraction of sp³-hybridized carbons (Fsp3) is 0.762. The zero-order valence-corrected chi connectivity index (χ0v) is 16.1. The summed E-state index contributed by atoms with van der Waals surface area (Å²) in [5.74, 6) is -0.933. The van der Waals surface area contributed by atoms with Gasteiger partial charge in [-0.05, 0) is 70.6 Å². The summed E-state index contributed by atoms with van der Waals surface area (Å²) in [4.78, 5) is 10.4. The number of aliphatic carboxylic acids is 1. The molecule has 26 heavy (non-hydrogen) atoms. The molecule has 2 unspecified atom stereocenters. The lowest BCUT2D eigenvalue weighted by molar-refractivity contribution is -0.143. The molecule has 0 aromatic carbocycles. The Balaban J connectivity index is 2.33. The second-order valence-electron chi connectivity index (χ2n) is 7.73. The molecule has 0 aromatic heterocycles. The fourth-order valence-electron chi connectivity index (χ4n) is 3.64. The van der Waals surface area contributed by atoms with Gasteiger partial charge in [-0.1, -0.05) is 36.6 Å². The van der Waals surface area contributed by atoms with E-state index in [0.29, 0.717) is 12.8 Å². The van der Waals surface area contributed by atoms with Crippen LogP contribution >= 0.6 is 0 Å². The largest absolute Gasteiger partial charge is 0.479 e. The van der Waals surface area contributed by atoms with Gasteiger partial charge < -0.3 is 15.3 Å². The third-order valence-corrected chi connectivity index (χ3v) is 5.20. The molecule has 4 nitrogen and oxygen atoms in total. The van der Waals surface area contributed by atoms with Gasteiger partial charge in [0.05, 0.1) is 12.2 Å². The number of allylic oxidation sites excluding steroid dienone is 3. The zero-order valence-electron chi connectivity index (χ0n) is 16.1. The Bertz CT molecular complexity index is 471. The predicted molar refractivity (Wildman–Crippen MR) is 102 cm³/mol. The van der Waals surface area contributed by atoms with Crippen molar-refractivity contribution in [1.82, 2.24) is 0 Å². The number of carboxylic acid groups (broad SMARTS) is 1. The minimum atomic E-state index is -1.77. The van der Waals surface area contributed by atoms with Gasteiger partial charge in [-0.3, -0.25) is 0 Å². The fourth-order valence-corrected chi connectivity index (χ4v) is 3.64. The number of aliphatic hydroxyl groups is 2. The Morgan fingerprint density at radius 3 is 2.58 bits per heavy atom. The molecule has 1 saturated carbocycles. The highest BCUT2D eigenvalue weighted by molar-refractivity contribution is 5.71. The third kappa shape index (κ3) is 8.95. The molecular weight excluding hydrogens is 335 g/mol. The molecule has 0 amide bonds. The number of rotatable bonds is 12. The molecular formula is C21H35FO4. The van der Waals surface area contributed by atoms with Crippen molar-refractivity contribution in [2.24, 2.45) is 11.8 Å². The average Bonchev–Trinajstić information content (AvgIpc) is 2.92. The summed E-state index contributed by atoms with van der Waals surface area (Å²) in [7, 11) is 0. The lowest BCUT2D eigenvalue weighted by atomic mass is 9.88. The number of aliphatic hydroxyl groups excluding tert-OH is 2. The van der Waals surface area contributed by atoms with Crippen LogP contribution in [0.5, 0.6) is 0 Å². The van der Waals surface area contributed by atoms with Crippen molar-refractivity contribution in [2.45, 2.75) is 90.0 Å². The third-order valence-electron chi connectivity index (χ3n) is 5.20. The van der Waals surface area contributed by atoms with E-state index in [0.717, 1.165) is 38.5 Å². The van der Waals surface area contributed by atoms with E-state index in [-0.39, 0.29) is 24.4 Å². The summed E-state index contributed by atoms with van der Waals surface area (Å²) in [5.41, 5.74) is 1.25. The maximum atomic E-state index is 13.0. The molecule has 5 heteroatoms. The Morgan fingerprint density at radius 2 is 1.92 bits per heavy atom. The van der Waals surface area contributed by atoms with Gasteiger partial charge in [0.25, 0.3) is 0 Å². The second-order valence-corrected chi connectivity index (χ2v) is 7.73. The second kappa shape index (κ2) is 12.2. The highest BCUT2D eigenvalue weighted by Crippen LogP contribution is 2.37. The summed E-state index contributed by atoms with van der Waals surface area (Å²) in [6.45, 7) is 4.09. The van der Waals surface area contributed by atoms with Crippen LogP contribution in [0.1, 0.15) is 71.6 Å². The highest BCUT2D eigenvalue weighted by Gasteiger charge is 2.32. The average molecular weight is 371 g/mol. The van der Waals surface area contributed by atoms with Crippen LogP contribution in [0.3, 0.4) is 0 Å². The van der Waals surface area contributed by atoms with Crippen molar-refractivity contribution in [3.05, 3.63) is 23.8 Å². The van der Waals surface area contributed by atoms with Crippen molar-refractivity contribution in [2.75, 3.05) is 0 Å². The molecule has 0 aromatic rings. The first-order valence-corrected chi connectivity index (χ1v) is 9.86. The van der Waals surface area contributed by atoms with Crippen LogP contribution in [-0.4, -0.2) is 39.7 Å². The van der Waals surface area contributed by atoms with E-state index >= 15 is 0 Å². The van der Waals surface area contributed by atoms with E-state index in [9.17, 15) is 19.4 Å². The van der Waals surface area contributed by atoms with E-state index in [1.165, 1.54) is 5.57 Å². The van der Waals surface area contributed by atoms with Gasteiger partial charge in [-0.2, -0.15) is 0 Å². The van der Waals surface area contributed by atoms with E-state index in [1.807, 2.05) is 19.9 Å². The molecule has 5 atom stereocenters. The lowest BCUT2D eigenvalue weighted by Gasteiger charge is -2.20. The van der Waals surface area contributed by atoms with Gasteiger partial charge in [0.15, 0.2) is 6.17 Å². The number of unbranched alkanes of at least 4 members (excludes halogenated alkanes) is 2. The summed E-state index contributed by atoms with van der Waals surface area (Å²) in [6, 6.07) is 0. The first-order valence-electron chi connectivity index (χ1n) is 9.86. The van der Waals surface area contributed by atoms with Crippen LogP contribution in [0.4, 0.5) is 4.39 Å². The molecule has 0 aliphatic heterocycles. The minimum Gasteiger partial charge on any atom is -0.479 e. The van der Waals surface area contributed by atoms with Gasteiger partial charge in [-0.15, -0.1) is 0 Å². The highest BCUT2D eigenvalue weighted by atomic mass is 19.1. The number of carboxylic acids is 1. The predicted octanol–water partition coefficient (Wildman–Crippen LogP) is 4.41. The Kier molecular flexibility index (Phi) is 10.7. The van der Waals surface area contributed by atoms with Crippen LogP contribution < -0.4 is 0 Å². The van der Waals surface area contributed by atoms with Crippen molar-refractivity contribution in [1.29, 1.82) is 0 Å². The zero-order chi connectivity index (χ0) is 19.5. The van der Waals surface area contributed by atoms with Crippen molar-refractivity contribution < 1.29 is 24.5 Å². The maximum absolute atomic E-state index is 13.0. The number of carbonyl (C=O) groups is 1. The van der Waals surface area contributed by atoms with Gasteiger partial charge in [0.1, 0.15) is 0 Å². The molecule has 0 bridgehead atoms. The first-order chi connectivity index (χ1) is 12.3. The number of hydrogen-bond acceptors (Lipinski definition) is 3. The normalized spacial score (nSPS) is 25.3. The quantitative estimate of drug-likeness (QED) is 0.351. The number of hydrogen-bond donors (Lipinski definition) is 3. The monoisotopic (exact) mass is 370 g/mol. The smallest absolute Gasteiger partial charge is 0.338 e. The molecule has 1 rings (SSSR count). The SMILES string of the molecule is CC(C)=CCCC(O)C=C[C@H]1CC[C@H](O)[C@@H]1CCCCCC(F)C(=O)O. The first kappa shape index (κ1) is 22.8. The van der Waals surface area contributed by atoms with Crippen LogP contribution in [-0.2, 0) is 4.79 Å². The van der Waals surface area contributed by atoms with Crippen LogP contribution in [0, 0.1) is 11.8 Å². The van der Waals surface area contributed by atoms with Gasteiger partial charge in [0.2, 0.25) is 0 Å². The molecule has 1 fully saturated rings. The lowest BCUT2D eigenvalue weighted by Crippen LogP contribution is -2.18. The van der Waals surface area contributed by atoms with Crippen molar-refractivity contribution in [3.8, 4) is 0 Å². The Morgan fingerprint density at radius 1 is 1.19 bits per heavy atom. The summed E-state index contributed by atoms with van der Waals surface area (Å²) in [6.07, 6.45) is 9.85. The van der Waals surface area contributed by atoms with E-state index in [1.54, 1.807) is 0 Å². The van der Waals surface area contributed by atoms with E-state index < -0.39 is 18.2 Å². The summed E-state index contributed by atoms with van der Waals surface area (Å²) < 4.78 is 13.0. The number of alkyl halides is 1. The van der Waals surface area contributed by atoms with Crippen LogP contribution in [0.2, 0.25) is 0 Å². The van der Waals surface area contributed by atoms with Crippen LogP contribution in [0.25, 0.3) is 0 Å². The molecule has 3 N–H and O–H groups in total. The molecule has 150 valence electrons. The van der Waals surface area contributed by atoms with Gasteiger partial charge in [-0.25, -0.2) is 9.18 Å². The summed E-state index contributed by atoms with van der Waals surface area (Å²) in [5, 5.41) is 28.8. The topological polar surface area (TPSA) is 77.8 Å². The van der Waals surface area contributed by atoms with E-state index in [2.05, 4.69) is 12.2 Å². The standard InChI is InChI=1S/C21H35FO4/c1-15(2)7-6-8-17(23)13-11-16-12-14-20(24)18(16)9-4-3-5-10-19(22)21(25)26/h7,11,13,16-20,23-24H,3-6,8-10,12,14H2,1-2H3,(H,25,26)/t16-,17?,18+,19?,20-/m0/s1. The summed E-state index contributed by atoms with van der Waals surface area (Å²) >= 11 is 0. The minimum absolute atomic E-state index is 0.0593. The molecule has 0 spiro atoms.